The summed E-state index contributed by atoms with van der Waals surface area (Å²) in [6.45, 7) is 3.12. The van der Waals surface area contributed by atoms with Gasteiger partial charge in [-0.25, -0.2) is 0 Å². The molecule has 1 fully saturated rings. The summed E-state index contributed by atoms with van der Waals surface area (Å²) in [5.41, 5.74) is 0.581. The normalized spacial score (nSPS) is 15.0. The Morgan fingerprint density at radius 3 is 2.52 bits per heavy atom. The van der Waals surface area contributed by atoms with Crippen molar-refractivity contribution < 1.29 is 13.9 Å². The molecular weight excluding hydrogens is 269 g/mol. The number of hydrogen-bond donors (Lipinski definition) is 1. The fourth-order valence-corrected chi connectivity index (χ4v) is 2.51. The first kappa shape index (κ1) is 13.7. The van der Waals surface area contributed by atoms with Crippen LogP contribution < -0.4 is 15.0 Å². The standard InChI is InChI=1S/C16H17FN3O/c17-14-7-4-10-20(19-11-8-18-9-12-19)15(14)16(21)13-5-2-1-3-6-13/h1-7,10,18H,8-9,11-12H2/q+1. The van der Waals surface area contributed by atoms with Crippen molar-refractivity contribution in [3.63, 3.8) is 0 Å². The number of halogens is 1. The van der Waals surface area contributed by atoms with Gasteiger partial charge in [-0.05, 0) is 6.07 Å². The van der Waals surface area contributed by atoms with Crippen LogP contribution in [0.15, 0.2) is 48.7 Å². The molecular formula is C16H17FN3O+. The molecule has 21 heavy (non-hydrogen) atoms. The molecule has 2 heterocycles. The molecule has 0 unspecified atom stereocenters. The Kier molecular flexibility index (Phi) is 3.92. The van der Waals surface area contributed by atoms with Crippen molar-refractivity contribution in [3.05, 3.63) is 65.7 Å². The fourth-order valence-electron chi connectivity index (χ4n) is 2.51. The summed E-state index contributed by atoms with van der Waals surface area (Å²) in [4.78, 5) is 12.6. The first-order valence-electron chi connectivity index (χ1n) is 7.03. The summed E-state index contributed by atoms with van der Waals surface area (Å²) >= 11 is 0. The molecule has 1 N–H and O–H groups in total. The molecule has 4 nitrogen and oxygen atoms in total. The average Bonchev–Trinajstić information content (AvgIpc) is 2.55. The summed E-state index contributed by atoms with van der Waals surface area (Å²) in [5, 5.41) is 5.23. The van der Waals surface area contributed by atoms with Crippen LogP contribution in [0.5, 0.6) is 0 Å². The van der Waals surface area contributed by atoms with Crippen molar-refractivity contribution in [2.45, 2.75) is 0 Å². The van der Waals surface area contributed by atoms with E-state index in [1.54, 1.807) is 41.2 Å². The molecule has 1 aromatic heterocycles. The van der Waals surface area contributed by atoms with Gasteiger partial charge >= 0.3 is 5.69 Å². The lowest BCUT2D eigenvalue weighted by molar-refractivity contribution is -0.697. The molecule has 0 aliphatic carbocycles. The Labute approximate surface area is 122 Å². The number of benzene rings is 1. The SMILES string of the molecule is O=C(c1ccccc1)c1c(F)ccc[n+]1N1CCNCC1. The van der Waals surface area contributed by atoms with Crippen LogP contribution in [0.1, 0.15) is 16.1 Å². The zero-order valence-electron chi connectivity index (χ0n) is 11.6. The third kappa shape index (κ3) is 2.78. The molecule has 2 aromatic rings. The Morgan fingerprint density at radius 2 is 1.81 bits per heavy atom. The topological polar surface area (TPSA) is 36.2 Å². The highest BCUT2D eigenvalue weighted by atomic mass is 19.1. The van der Waals surface area contributed by atoms with Crippen molar-refractivity contribution in [2.24, 2.45) is 0 Å². The van der Waals surface area contributed by atoms with E-state index >= 15 is 0 Å². The highest BCUT2D eigenvalue weighted by molar-refractivity contribution is 6.06. The van der Waals surface area contributed by atoms with E-state index in [2.05, 4.69) is 5.32 Å². The largest absolute Gasteiger partial charge is 0.318 e. The first-order chi connectivity index (χ1) is 10.3. The Balaban J connectivity index is 2.02. The van der Waals surface area contributed by atoms with Crippen LogP contribution in [-0.2, 0) is 0 Å². The molecule has 0 bridgehead atoms. The lowest BCUT2D eigenvalue weighted by Crippen LogP contribution is -2.66. The second-order valence-corrected chi connectivity index (χ2v) is 4.95. The lowest BCUT2D eigenvalue weighted by Gasteiger charge is -2.24. The van der Waals surface area contributed by atoms with E-state index in [0.717, 1.165) is 26.2 Å². The zero-order chi connectivity index (χ0) is 14.7. The van der Waals surface area contributed by atoms with E-state index in [1.165, 1.54) is 6.07 Å². The number of pyridine rings is 1. The van der Waals surface area contributed by atoms with Gasteiger partial charge in [0.05, 0.1) is 13.1 Å². The number of hydrogen-bond acceptors (Lipinski definition) is 3. The predicted molar refractivity (Wildman–Crippen MR) is 77.3 cm³/mol. The monoisotopic (exact) mass is 286 g/mol. The van der Waals surface area contributed by atoms with Crippen LogP contribution in [0.25, 0.3) is 0 Å². The third-order valence-corrected chi connectivity index (χ3v) is 3.57. The minimum Gasteiger partial charge on any atom is -0.313 e. The summed E-state index contributed by atoms with van der Waals surface area (Å²) < 4.78 is 15.9. The van der Waals surface area contributed by atoms with Crippen molar-refractivity contribution in [1.82, 2.24) is 5.32 Å². The van der Waals surface area contributed by atoms with E-state index in [9.17, 15) is 9.18 Å². The summed E-state index contributed by atoms with van der Waals surface area (Å²) in [6, 6.07) is 11.8. The second-order valence-electron chi connectivity index (χ2n) is 4.95. The van der Waals surface area contributed by atoms with Gasteiger partial charge in [0.1, 0.15) is 0 Å². The van der Waals surface area contributed by atoms with E-state index in [4.69, 9.17) is 0 Å². The highest BCUT2D eigenvalue weighted by Crippen LogP contribution is 2.10. The number of rotatable bonds is 3. The van der Waals surface area contributed by atoms with Crippen LogP contribution in [-0.4, -0.2) is 32.0 Å². The van der Waals surface area contributed by atoms with Gasteiger partial charge in [-0.3, -0.25) is 4.79 Å². The molecule has 1 saturated heterocycles. The number of aromatic nitrogens is 1. The van der Waals surface area contributed by atoms with Gasteiger partial charge in [0.25, 0.3) is 5.78 Å². The Morgan fingerprint density at radius 1 is 1.10 bits per heavy atom. The van der Waals surface area contributed by atoms with Gasteiger partial charge in [-0.15, -0.1) is 0 Å². The number of nitrogens with zero attached hydrogens (tertiary/aromatic N) is 2. The van der Waals surface area contributed by atoms with Crippen LogP contribution in [0.3, 0.4) is 0 Å². The van der Waals surface area contributed by atoms with Crippen molar-refractivity contribution in [1.29, 1.82) is 0 Å². The van der Waals surface area contributed by atoms with E-state index in [1.807, 2.05) is 11.1 Å². The number of nitrogens with one attached hydrogen (secondary N) is 1. The van der Waals surface area contributed by atoms with Gasteiger partial charge < -0.3 is 5.32 Å². The number of piperazine rings is 1. The number of carbonyl (C=O) groups excluding carboxylic acids is 1. The minimum atomic E-state index is -0.495. The van der Waals surface area contributed by atoms with E-state index in [0.29, 0.717) is 5.56 Å². The quantitative estimate of drug-likeness (QED) is 0.672. The van der Waals surface area contributed by atoms with Crippen LogP contribution in [0, 0.1) is 5.82 Å². The molecule has 108 valence electrons. The number of ketones is 1. The summed E-state index contributed by atoms with van der Waals surface area (Å²) in [6.07, 6.45) is 1.74. The van der Waals surface area contributed by atoms with Crippen molar-refractivity contribution >= 4 is 5.78 Å². The summed E-state index contributed by atoms with van der Waals surface area (Å²) in [7, 11) is 0. The maximum absolute atomic E-state index is 14.3. The smallest absolute Gasteiger partial charge is 0.313 e. The Hall–Kier alpha value is -2.27. The van der Waals surface area contributed by atoms with Gasteiger partial charge in [0.15, 0.2) is 0 Å². The molecule has 1 aromatic carbocycles. The van der Waals surface area contributed by atoms with Gasteiger partial charge in [-0.1, -0.05) is 35.0 Å². The molecule has 5 heteroatoms. The predicted octanol–water partition coefficient (Wildman–Crippen LogP) is 0.885. The summed E-state index contributed by atoms with van der Waals surface area (Å²) in [5.74, 6) is -0.794. The highest BCUT2D eigenvalue weighted by Gasteiger charge is 2.30. The zero-order valence-corrected chi connectivity index (χ0v) is 11.6. The fraction of sp³-hybridized carbons (Fsp3) is 0.250. The lowest BCUT2D eigenvalue weighted by atomic mass is 10.1. The average molecular weight is 286 g/mol. The van der Waals surface area contributed by atoms with Crippen molar-refractivity contribution in [2.75, 3.05) is 31.2 Å². The van der Waals surface area contributed by atoms with Crippen molar-refractivity contribution in [3.8, 4) is 0 Å². The van der Waals surface area contributed by atoms with Gasteiger partial charge in [0.2, 0.25) is 12.0 Å². The molecule has 1 aliphatic rings. The molecule has 3 rings (SSSR count). The first-order valence-corrected chi connectivity index (χ1v) is 7.03. The molecule has 1 aliphatic heterocycles. The Bertz CT molecular complexity index is 639. The van der Waals surface area contributed by atoms with Gasteiger partial charge in [0, 0.05) is 24.7 Å². The van der Waals surface area contributed by atoms with Crippen LogP contribution >= 0.6 is 0 Å². The third-order valence-electron chi connectivity index (χ3n) is 3.57. The van der Waals surface area contributed by atoms with E-state index in [-0.39, 0.29) is 11.5 Å². The van der Waals surface area contributed by atoms with Crippen LogP contribution in [0.4, 0.5) is 4.39 Å². The minimum absolute atomic E-state index is 0.0885. The molecule has 0 radical (unpaired) electrons. The molecule has 0 spiro atoms. The van der Waals surface area contributed by atoms with E-state index < -0.39 is 5.82 Å². The van der Waals surface area contributed by atoms with Gasteiger partial charge in [-0.2, -0.15) is 9.40 Å². The molecule has 0 amide bonds. The maximum atomic E-state index is 14.3. The molecule has 0 saturated carbocycles. The maximum Gasteiger partial charge on any atom is 0.318 e. The molecule has 0 atom stereocenters. The van der Waals surface area contributed by atoms with Crippen LogP contribution in [0.2, 0.25) is 0 Å². The number of carbonyl (C=O) groups is 1. The second kappa shape index (κ2) is 6.01.